The van der Waals surface area contributed by atoms with Crippen molar-refractivity contribution in [3.8, 4) is 11.5 Å². The highest BCUT2D eigenvalue weighted by molar-refractivity contribution is 5.31. The van der Waals surface area contributed by atoms with Crippen molar-refractivity contribution in [1.29, 1.82) is 0 Å². The van der Waals surface area contributed by atoms with Gasteiger partial charge in [0.2, 0.25) is 0 Å². The van der Waals surface area contributed by atoms with E-state index in [9.17, 15) is 0 Å². The van der Waals surface area contributed by atoms with Gasteiger partial charge in [-0.25, -0.2) is 0 Å². The van der Waals surface area contributed by atoms with Crippen LogP contribution in [-0.2, 0) is 0 Å². The molecule has 3 nitrogen and oxygen atoms in total. The Morgan fingerprint density at radius 3 is 2.09 bits per heavy atom. The fourth-order valence-electron chi connectivity index (χ4n) is 3.98. The largest absolute Gasteiger partial charge is 0.497 e. The summed E-state index contributed by atoms with van der Waals surface area (Å²) < 4.78 is 11.1. The molecule has 2 aliphatic carbocycles. The van der Waals surface area contributed by atoms with Gasteiger partial charge in [-0.3, -0.25) is 0 Å². The van der Waals surface area contributed by atoms with Crippen molar-refractivity contribution in [3.05, 3.63) is 24.3 Å². The Hall–Kier alpha value is -1.22. The molecule has 0 spiro atoms. The number of nitrogens with one attached hydrogen (secondary N) is 1. The first-order chi connectivity index (χ1) is 11.3. The fourth-order valence-corrected chi connectivity index (χ4v) is 3.98. The van der Waals surface area contributed by atoms with E-state index in [0.717, 1.165) is 30.2 Å². The maximum Gasteiger partial charge on any atom is 0.119 e. The second-order valence-corrected chi connectivity index (χ2v) is 7.21. The molecule has 0 bridgehead atoms. The van der Waals surface area contributed by atoms with Gasteiger partial charge in [0.15, 0.2) is 0 Å². The quantitative estimate of drug-likeness (QED) is 0.834. The molecule has 1 N–H and O–H groups in total. The van der Waals surface area contributed by atoms with Gasteiger partial charge in [-0.2, -0.15) is 0 Å². The molecular formula is C20H31NO2. The number of methoxy groups -OCH3 is 1. The number of hydrogen-bond donors (Lipinski definition) is 1. The van der Waals surface area contributed by atoms with Crippen molar-refractivity contribution in [2.75, 3.05) is 13.7 Å². The molecule has 2 saturated carbocycles. The van der Waals surface area contributed by atoms with Gasteiger partial charge >= 0.3 is 0 Å². The van der Waals surface area contributed by atoms with Crippen LogP contribution in [0, 0.1) is 5.92 Å². The lowest BCUT2D eigenvalue weighted by Gasteiger charge is -2.33. The topological polar surface area (TPSA) is 30.5 Å². The molecule has 0 amide bonds. The van der Waals surface area contributed by atoms with Gasteiger partial charge in [-0.15, -0.1) is 0 Å². The summed E-state index contributed by atoms with van der Waals surface area (Å²) in [5, 5.41) is 3.91. The van der Waals surface area contributed by atoms with Crippen LogP contribution in [-0.4, -0.2) is 25.8 Å². The zero-order valence-corrected chi connectivity index (χ0v) is 14.4. The molecule has 0 atom stereocenters. The van der Waals surface area contributed by atoms with Crippen molar-refractivity contribution in [2.45, 2.75) is 69.9 Å². The van der Waals surface area contributed by atoms with Gasteiger partial charge in [0, 0.05) is 12.1 Å². The van der Waals surface area contributed by atoms with Crippen LogP contribution in [0.4, 0.5) is 0 Å². The molecule has 0 saturated heterocycles. The predicted molar refractivity (Wildman–Crippen MR) is 94.2 cm³/mol. The van der Waals surface area contributed by atoms with E-state index in [-0.39, 0.29) is 0 Å². The van der Waals surface area contributed by atoms with E-state index in [2.05, 4.69) is 5.32 Å². The van der Waals surface area contributed by atoms with E-state index in [0.29, 0.717) is 5.92 Å². The number of ether oxygens (including phenoxy) is 2. The third-order valence-electron chi connectivity index (χ3n) is 5.47. The maximum atomic E-state index is 5.95. The Balaban J connectivity index is 1.35. The predicted octanol–water partition coefficient (Wildman–Crippen LogP) is 4.56. The summed E-state index contributed by atoms with van der Waals surface area (Å²) in [7, 11) is 1.69. The summed E-state index contributed by atoms with van der Waals surface area (Å²) >= 11 is 0. The highest BCUT2D eigenvalue weighted by Crippen LogP contribution is 2.27. The Bertz CT molecular complexity index is 445. The molecule has 2 fully saturated rings. The molecule has 0 radical (unpaired) electrons. The number of hydrogen-bond acceptors (Lipinski definition) is 3. The smallest absolute Gasteiger partial charge is 0.119 e. The number of benzene rings is 1. The molecule has 0 aromatic heterocycles. The van der Waals surface area contributed by atoms with Gasteiger partial charge in [0.25, 0.3) is 0 Å². The normalized spacial score (nSPS) is 26.0. The van der Waals surface area contributed by atoms with Gasteiger partial charge in [-0.05, 0) is 68.7 Å². The lowest BCUT2D eigenvalue weighted by molar-refractivity contribution is 0.182. The van der Waals surface area contributed by atoms with Crippen molar-refractivity contribution in [1.82, 2.24) is 5.32 Å². The van der Waals surface area contributed by atoms with Crippen LogP contribution >= 0.6 is 0 Å². The van der Waals surface area contributed by atoms with E-state index in [1.165, 1.54) is 57.8 Å². The minimum Gasteiger partial charge on any atom is -0.497 e. The summed E-state index contributed by atoms with van der Waals surface area (Å²) in [5.41, 5.74) is 0. The fraction of sp³-hybridized carbons (Fsp3) is 0.700. The van der Waals surface area contributed by atoms with E-state index >= 15 is 0 Å². The maximum absolute atomic E-state index is 5.95. The molecule has 3 heteroatoms. The average Bonchev–Trinajstić information content (AvgIpc) is 2.62. The summed E-state index contributed by atoms with van der Waals surface area (Å²) in [6, 6.07) is 9.45. The van der Waals surface area contributed by atoms with Crippen LogP contribution < -0.4 is 14.8 Å². The van der Waals surface area contributed by atoms with E-state index in [1.54, 1.807) is 7.11 Å². The van der Waals surface area contributed by atoms with E-state index < -0.39 is 0 Å². The monoisotopic (exact) mass is 317 g/mol. The van der Waals surface area contributed by atoms with Gasteiger partial charge < -0.3 is 14.8 Å². The lowest BCUT2D eigenvalue weighted by atomic mass is 9.85. The molecule has 0 aliphatic heterocycles. The van der Waals surface area contributed by atoms with Gasteiger partial charge in [-0.1, -0.05) is 19.3 Å². The molecule has 128 valence electrons. The van der Waals surface area contributed by atoms with E-state index in [4.69, 9.17) is 9.47 Å². The highest BCUT2D eigenvalue weighted by Gasteiger charge is 2.24. The zero-order chi connectivity index (χ0) is 15.9. The van der Waals surface area contributed by atoms with Crippen molar-refractivity contribution >= 4 is 0 Å². The van der Waals surface area contributed by atoms with Gasteiger partial charge in [0.05, 0.1) is 13.7 Å². The minimum absolute atomic E-state index is 0.710. The first-order valence-corrected chi connectivity index (χ1v) is 9.36. The van der Waals surface area contributed by atoms with E-state index in [1.807, 2.05) is 24.3 Å². The molecule has 2 aliphatic rings. The molecule has 23 heavy (non-hydrogen) atoms. The van der Waals surface area contributed by atoms with Crippen LogP contribution in [0.5, 0.6) is 11.5 Å². The summed E-state index contributed by atoms with van der Waals surface area (Å²) in [5.74, 6) is 2.54. The van der Waals surface area contributed by atoms with Crippen LogP contribution in [0.25, 0.3) is 0 Å². The standard InChI is InChI=1S/C20H31NO2/c1-22-19-11-13-20(14-12-19)23-15-16-7-9-18(10-8-16)21-17-5-3-2-4-6-17/h11-14,16-18,21H,2-10,15H2,1H3. The Labute approximate surface area is 140 Å². The Kier molecular flexibility index (Phi) is 6.21. The second-order valence-electron chi connectivity index (χ2n) is 7.21. The van der Waals surface area contributed by atoms with Crippen LogP contribution in [0.1, 0.15) is 57.8 Å². The second kappa shape index (κ2) is 8.58. The van der Waals surface area contributed by atoms with Crippen molar-refractivity contribution in [3.63, 3.8) is 0 Å². The Morgan fingerprint density at radius 1 is 0.826 bits per heavy atom. The molecule has 1 aromatic carbocycles. The van der Waals surface area contributed by atoms with Gasteiger partial charge in [0.1, 0.15) is 11.5 Å². The number of rotatable bonds is 6. The summed E-state index contributed by atoms with van der Waals surface area (Å²) in [6.45, 7) is 0.850. The lowest BCUT2D eigenvalue weighted by Crippen LogP contribution is -2.41. The summed E-state index contributed by atoms with van der Waals surface area (Å²) in [4.78, 5) is 0. The first-order valence-electron chi connectivity index (χ1n) is 9.36. The molecule has 1 aromatic rings. The first kappa shape index (κ1) is 16.6. The molecule has 3 rings (SSSR count). The summed E-state index contributed by atoms with van der Waals surface area (Å²) in [6.07, 6.45) is 12.3. The van der Waals surface area contributed by atoms with Crippen LogP contribution in [0.3, 0.4) is 0 Å². The SMILES string of the molecule is COc1ccc(OCC2CCC(NC3CCCCC3)CC2)cc1. The minimum atomic E-state index is 0.710. The zero-order valence-electron chi connectivity index (χ0n) is 14.4. The van der Waals surface area contributed by atoms with Crippen molar-refractivity contribution in [2.24, 2.45) is 5.92 Å². The average molecular weight is 317 g/mol. The van der Waals surface area contributed by atoms with Crippen LogP contribution in [0.2, 0.25) is 0 Å². The third kappa shape index (κ3) is 5.13. The molecular weight excluding hydrogens is 286 g/mol. The Morgan fingerprint density at radius 2 is 1.43 bits per heavy atom. The molecule has 0 unspecified atom stereocenters. The third-order valence-corrected chi connectivity index (χ3v) is 5.47. The van der Waals surface area contributed by atoms with Crippen molar-refractivity contribution < 1.29 is 9.47 Å². The van der Waals surface area contributed by atoms with Crippen LogP contribution in [0.15, 0.2) is 24.3 Å². The highest BCUT2D eigenvalue weighted by atomic mass is 16.5. The molecule has 0 heterocycles.